The summed E-state index contributed by atoms with van der Waals surface area (Å²) in [6.07, 6.45) is 4.02. The molecule has 1 aromatic heterocycles. The zero-order valence-corrected chi connectivity index (χ0v) is 12.8. The van der Waals surface area contributed by atoms with E-state index in [0.29, 0.717) is 11.2 Å². The largest absolute Gasteiger partial charge is 0.433 e. The molecule has 1 heterocycles. The van der Waals surface area contributed by atoms with Crippen LogP contribution in [0.4, 0.5) is 5.88 Å². The summed E-state index contributed by atoms with van der Waals surface area (Å²) in [6, 6.07) is 2.53. The molecule has 2 rings (SSSR count). The van der Waals surface area contributed by atoms with Gasteiger partial charge in [-0.2, -0.15) is 0 Å². The lowest BCUT2D eigenvalue weighted by Gasteiger charge is -2.39. The van der Waals surface area contributed by atoms with Crippen molar-refractivity contribution in [2.75, 3.05) is 5.33 Å². The Morgan fingerprint density at radius 2 is 2.40 bits per heavy atom. The van der Waals surface area contributed by atoms with Gasteiger partial charge in [0.1, 0.15) is 4.92 Å². The number of hydrogen-bond donors (Lipinski definition) is 1. The molecule has 1 fully saturated rings. The van der Waals surface area contributed by atoms with Gasteiger partial charge in [0, 0.05) is 5.33 Å². The molecule has 0 aliphatic heterocycles. The predicted molar refractivity (Wildman–Crippen MR) is 77.0 cm³/mol. The Bertz CT molecular complexity index is 516. The van der Waals surface area contributed by atoms with Gasteiger partial charge in [-0.3, -0.25) is 14.9 Å². The van der Waals surface area contributed by atoms with E-state index in [-0.39, 0.29) is 11.3 Å². The van der Waals surface area contributed by atoms with E-state index in [1.165, 1.54) is 12.1 Å². The molecule has 0 spiro atoms. The highest BCUT2D eigenvalue weighted by atomic mass is 79.9. The number of halogens is 1. The minimum atomic E-state index is -0.653. The number of nitro groups is 1. The first-order valence-electron chi connectivity index (χ1n) is 6.58. The Labute approximate surface area is 125 Å². The fraction of sp³-hybridized carbons (Fsp3) is 0.615. The Balaban J connectivity index is 2.10. The third-order valence-corrected chi connectivity index (χ3v) is 4.79. The molecule has 1 saturated carbocycles. The van der Waals surface area contributed by atoms with Crippen LogP contribution in [0.5, 0.6) is 0 Å². The van der Waals surface area contributed by atoms with Crippen LogP contribution in [0, 0.1) is 16.0 Å². The van der Waals surface area contributed by atoms with Crippen molar-refractivity contribution >= 4 is 27.7 Å². The molecule has 1 aliphatic carbocycles. The second kappa shape index (κ2) is 5.95. The fourth-order valence-corrected chi connectivity index (χ4v) is 3.43. The Morgan fingerprint density at radius 3 is 2.95 bits per heavy atom. The topological polar surface area (TPSA) is 85.4 Å². The van der Waals surface area contributed by atoms with Crippen LogP contribution in [0.15, 0.2) is 16.5 Å². The number of alkyl halides is 1. The number of nitrogens with one attached hydrogen (secondary N) is 1. The molecule has 0 radical (unpaired) electrons. The van der Waals surface area contributed by atoms with Gasteiger partial charge >= 0.3 is 5.88 Å². The van der Waals surface area contributed by atoms with Gasteiger partial charge in [-0.05, 0) is 24.8 Å². The number of furan rings is 1. The molecule has 110 valence electrons. The molecule has 1 aromatic rings. The number of hydrogen-bond acceptors (Lipinski definition) is 4. The summed E-state index contributed by atoms with van der Waals surface area (Å²) in [5.74, 6) is -0.283. The maximum absolute atomic E-state index is 12.2. The van der Waals surface area contributed by atoms with Crippen molar-refractivity contribution in [2.45, 2.75) is 38.1 Å². The monoisotopic (exact) mass is 344 g/mol. The van der Waals surface area contributed by atoms with Crippen LogP contribution in [-0.4, -0.2) is 21.7 Å². The molecule has 0 saturated heterocycles. The van der Waals surface area contributed by atoms with E-state index in [1.54, 1.807) is 0 Å². The van der Waals surface area contributed by atoms with Gasteiger partial charge in [-0.15, -0.1) is 0 Å². The van der Waals surface area contributed by atoms with Crippen molar-refractivity contribution in [3.8, 4) is 0 Å². The van der Waals surface area contributed by atoms with E-state index < -0.39 is 16.7 Å². The molecule has 20 heavy (non-hydrogen) atoms. The van der Waals surface area contributed by atoms with Crippen LogP contribution < -0.4 is 5.32 Å². The fourth-order valence-electron chi connectivity index (χ4n) is 2.78. The third-order valence-electron chi connectivity index (χ3n) is 3.72. The van der Waals surface area contributed by atoms with Crippen molar-refractivity contribution in [1.29, 1.82) is 0 Å². The van der Waals surface area contributed by atoms with Crippen molar-refractivity contribution < 1.29 is 14.1 Å². The average molecular weight is 345 g/mol. The van der Waals surface area contributed by atoms with Crippen molar-refractivity contribution in [1.82, 2.24) is 5.32 Å². The van der Waals surface area contributed by atoms with Crippen LogP contribution in [0.2, 0.25) is 0 Å². The highest BCUT2D eigenvalue weighted by Crippen LogP contribution is 2.34. The van der Waals surface area contributed by atoms with E-state index in [2.05, 4.69) is 28.2 Å². The molecule has 1 aliphatic rings. The lowest BCUT2D eigenvalue weighted by atomic mass is 9.77. The van der Waals surface area contributed by atoms with Gasteiger partial charge in [-0.25, -0.2) is 0 Å². The summed E-state index contributed by atoms with van der Waals surface area (Å²) >= 11 is 3.47. The van der Waals surface area contributed by atoms with E-state index >= 15 is 0 Å². The summed E-state index contributed by atoms with van der Waals surface area (Å²) in [5, 5.41) is 14.2. The van der Waals surface area contributed by atoms with Crippen molar-refractivity contribution in [2.24, 2.45) is 5.92 Å². The minimum absolute atomic E-state index is 0.0183. The second-order valence-corrected chi connectivity index (χ2v) is 6.03. The van der Waals surface area contributed by atoms with E-state index in [4.69, 9.17) is 4.42 Å². The van der Waals surface area contributed by atoms with Gasteiger partial charge in [0.05, 0.1) is 11.6 Å². The maximum atomic E-state index is 12.2. The van der Waals surface area contributed by atoms with E-state index in [9.17, 15) is 14.9 Å². The summed E-state index contributed by atoms with van der Waals surface area (Å²) in [4.78, 5) is 22.1. The van der Waals surface area contributed by atoms with Gasteiger partial charge in [0.2, 0.25) is 0 Å². The molecule has 0 aromatic carbocycles. The smallest absolute Gasteiger partial charge is 0.395 e. The Kier molecular flexibility index (Phi) is 4.47. The Morgan fingerprint density at radius 1 is 1.65 bits per heavy atom. The number of amides is 1. The zero-order valence-electron chi connectivity index (χ0n) is 11.2. The van der Waals surface area contributed by atoms with E-state index in [0.717, 1.165) is 25.7 Å². The van der Waals surface area contributed by atoms with Gasteiger partial charge in [0.15, 0.2) is 5.76 Å². The highest BCUT2D eigenvalue weighted by molar-refractivity contribution is 9.09. The number of carbonyl (C=O) groups is 1. The summed E-state index contributed by atoms with van der Waals surface area (Å²) < 4.78 is 4.94. The van der Waals surface area contributed by atoms with Crippen LogP contribution >= 0.6 is 15.9 Å². The standard InChI is InChI=1S/C13H17BrN2O4/c1-9-3-2-6-13(7-9,8-14)15-12(17)10-4-5-11(20-10)16(18)19/h4-5,9H,2-3,6-8H2,1H3,(H,15,17). The third kappa shape index (κ3) is 3.20. The first-order valence-corrected chi connectivity index (χ1v) is 7.71. The molecule has 1 N–H and O–H groups in total. The van der Waals surface area contributed by atoms with Crippen LogP contribution in [-0.2, 0) is 0 Å². The molecule has 2 atom stereocenters. The zero-order chi connectivity index (χ0) is 14.8. The number of carbonyl (C=O) groups excluding carboxylic acids is 1. The highest BCUT2D eigenvalue weighted by Gasteiger charge is 2.36. The van der Waals surface area contributed by atoms with Gasteiger partial charge < -0.3 is 9.73 Å². The molecular formula is C13H17BrN2O4. The summed E-state index contributed by atoms with van der Waals surface area (Å²) in [7, 11) is 0. The minimum Gasteiger partial charge on any atom is -0.395 e. The van der Waals surface area contributed by atoms with Crippen LogP contribution in [0.3, 0.4) is 0 Å². The second-order valence-electron chi connectivity index (χ2n) is 5.46. The first-order chi connectivity index (χ1) is 9.46. The quantitative estimate of drug-likeness (QED) is 0.516. The first kappa shape index (κ1) is 15.0. The van der Waals surface area contributed by atoms with Crippen LogP contribution in [0.25, 0.3) is 0 Å². The van der Waals surface area contributed by atoms with Crippen LogP contribution in [0.1, 0.15) is 43.2 Å². The van der Waals surface area contributed by atoms with Crippen molar-refractivity contribution in [3.63, 3.8) is 0 Å². The van der Waals surface area contributed by atoms with Gasteiger partial charge in [-0.1, -0.05) is 35.7 Å². The molecular weight excluding hydrogens is 328 g/mol. The van der Waals surface area contributed by atoms with Gasteiger partial charge in [0.25, 0.3) is 5.91 Å². The molecule has 1 amide bonds. The molecule has 7 heteroatoms. The normalized spacial score (nSPS) is 26.2. The maximum Gasteiger partial charge on any atom is 0.433 e. The lowest BCUT2D eigenvalue weighted by Crippen LogP contribution is -2.52. The molecule has 2 unspecified atom stereocenters. The molecule has 0 bridgehead atoms. The Hall–Kier alpha value is -1.37. The van der Waals surface area contributed by atoms with Crippen molar-refractivity contribution in [3.05, 3.63) is 28.0 Å². The predicted octanol–water partition coefficient (Wildman–Crippen LogP) is 3.26. The summed E-state index contributed by atoms with van der Waals surface area (Å²) in [5.41, 5.74) is -0.295. The average Bonchev–Trinajstić information content (AvgIpc) is 2.88. The molecule has 6 nitrogen and oxygen atoms in total. The summed E-state index contributed by atoms with van der Waals surface area (Å²) in [6.45, 7) is 2.17. The number of rotatable bonds is 4. The van der Waals surface area contributed by atoms with E-state index in [1.807, 2.05) is 0 Å². The lowest BCUT2D eigenvalue weighted by molar-refractivity contribution is -0.402. The SMILES string of the molecule is CC1CCCC(CBr)(NC(=O)c2ccc([N+](=O)[O-])o2)C1. The number of nitrogens with zero attached hydrogens (tertiary/aromatic N) is 1.